The van der Waals surface area contributed by atoms with E-state index in [2.05, 4.69) is 130 Å². The van der Waals surface area contributed by atoms with Gasteiger partial charge >= 0.3 is 0 Å². The summed E-state index contributed by atoms with van der Waals surface area (Å²) in [4.78, 5) is 10.3. The van der Waals surface area contributed by atoms with Crippen LogP contribution in [0, 0.1) is 6.92 Å². The molecule has 0 aliphatic carbocycles. The molecule has 0 aromatic heterocycles. The summed E-state index contributed by atoms with van der Waals surface area (Å²) in [7, 11) is 8.12. The van der Waals surface area contributed by atoms with Gasteiger partial charge in [0.15, 0.2) is 14.7 Å². The Labute approximate surface area is 236 Å². The fourth-order valence-corrected chi connectivity index (χ4v) is 6.42. The molecule has 0 fully saturated rings. The van der Waals surface area contributed by atoms with Gasteiger partial charge in [-0.15, -0.1) is 0 Å². The van der Waals surface area contributed by atoms with Crippen LogP contribution in [0.15, 0.2) is 117 Å². The number of anilines is 3. The third-order valence-electron chi connectivity index (χ3n) is 6.02. The molecule has 8 heteroatoms. The summed E-state index contributed by atoms with van der Waals surface area (Å²) < 4.78 is 31.2. The predicted octanol–water partition coefficient (Wildman–Crippen LogP) is 5.88. The molecule has 0 heterocycles. The van der Waals surface area contributed by atoms with Crippen LogP contribution >= 0.6 is 0 Å². The minimum Gasteiger partial charge on any atom is -0.744 e. The van der Waals surface area contributed by atoms with E-state index in [1.807, 2.05) is 6.92 Å². The summed E-state index contributed by atoms with van der Waals surface area (Å²) >= 11 is 0. The van der Waals surface area contributed by atoms with Crippen LogP contribution in [-0.4, -0.2) is 55.3 Å². The Hall–Kier alpha value is -3.46. The largest absolute Gasteiger partial charge is 0.744 e. The maximum Gasteiger partial charge on any atom is 0.168 e. The molecule has 39 heavy (non-hydrogen) atoms. The molecule has 0 bridgehead atoms. The number of hydrogen-bond donors (Lipinski definition) is 0. The van der Waals surface area contributed by atoms with Gasteiger partial charge in [-0.3, -0.25) is 0 Å². The van der Waals surface area contributed by atoms with Crippen molar-refractivity contribution < 1.29 is 13.0 Å². The van der Waals surface area contributed by atoms with Crippen LogP contribution in [0.25, 0.3) is 0 Å². The van der Waals surface area contributed by atoms with E-state index in [0.29, 0.717) is 0 Å². The quantitative estimate of drug-likeness (QED) is 0.207. The van der Waals surface area contributed by atoms with Crippen molar-refractivity contribution in [2.75, 3.05) is 57.0 Å². The Morgan fingerprint density at radius 2 is 0.897 bits per heavy atom. The van der Waals surface area contributed by atoms with Gasteiger partial charge in [0, 0.05) is 77.5 Å². The van der Waals surface area contributed by atoms with Crippen molar-refractivity contribution >= 4 is 38.1 Å². The summed E-state index contributed by atoms with van der Waals surface area (Å²) in [6, 6.07) is 32.5. The predicted molar refractivity (Wildman–Crippen MR) is 164 cm³/mol. The number of rotatable bonds is 7. The van der Waals surface area contributed by atoms with Crippen LogP contribution in [0.1, 0.15) is 5.56 Å². The molecule has 0 atom stereocenters. The fraction of sp³-hybridized carbons (Fsp3) is 0.226. The highest BCUT2D eigenvalue weighted by Gasteiger charge is 2.30. The molecule has 0 saturated heterocycles. The summed E-state index contributed by atoms with van der Waals surface area (Å²) in [6.45, 7) is 1.82. The maximum absolute atomic E-state index is 10.4. The summed E-state index contributed by atoms with van der Waals surface area (Å²) in [6.07, 6.45) is 0. The normalized spacial score (nSPS) is 11.0. The second-order valence-corrected chi connectivity index (χ2v) is 13.2. The first-order valence-corrected chi connectivity index (χ1v) is 15.1. The van der Waals surface area contributed by atoms with Gasteiger partial charge < -0.3 is 19.3 Å². The third-order valence-corrected chi connectivity index (χ3v) is 9.04. The third kappa shape index (κ3) is 8.26. The number of nitrogens with zero attached hydrogens (tertiary/aromatic N) is 3. The van der Waals surface area contributed by atoms with Gasteiger partial charge in [-0.05, 0) is 55.5 Å². The second kappa shape index (κ2) is 13.1. The fourth-order valence-electron chi connectivity index (χ4n) is 3.78. The monoisotopic (exact) mass is 563 g/mol. The molecule has 0 N–H and O–H groups in total. The van der Waals surface area contributed by atoms with Crippen LogP contribution in [-0.2, 0) is 21.0 Å². The summed E-state index contributed by atoms with van der Waals surface area (Å²) in [5.41, 5.74) is 4.60. The number of benzene rings is 4. The van der Waals surface area contributed by atoms with Crippen molar-refractivity contribution in [2.45, 2.75) is 26.5 Å². The second-order valence-electron chi connectivity index (χ2n) is 9.75. The minimum absolute atomic E-state index is 0.175. The molecule has 0 spiro atoms. The van der Waals surface area contributed by atoms with Crippen molar-refractivity contribution in [2.24, 2.45) is 0 Å². The maximum atomic E-state index is 10.4. The zero-order valence-corrected chi connectivity index (χ0v) is 25.3. The zero-order valence-electron chi connectivity index (χ0n) is 23.6. The van der Waals surface area contributed by atoms with E-state index in [-0.39, 0.29) is 15.8 Å². The van der Waals surface area contributed by atoms with E-state index >= 15 is 0 Å². The SMILES string of the molecule is CN(C)c1cccc([S+](c2cccc(N(C)C)c2)c2cccc(N(C)C)c2)c1.Cc1ccc(S(=O)(=O)[O-])cc1. The molecule has 0 aliphatic heterocycles. The number of aryl methyl sites for hydroxylation is 1. The Kier molecular flexibility index (Phi) is 10.1. The molecule has 0 aliphatic rings. The van der Waals surface area contributed by atoms with Gasteiger partial charge in [0.05, 0.1) is 15.8 Å². The molecule has 0 amide bonds. The van der Waals surface area contributed by atoms with Crippen LogP contribution in [0.2, 0.25) is 0 Å². The molecule has 4 aromatic carbocycles. The molecule has 0 radical (unpaired) electrons. The molecule has 0 saturated carbocycles. The standard InChI is InChI=1S/C24H30N3S.C7H8O3S/c1-25(2)19-10-7-13-22(16-19)28(23-14-8-11-20(17-23)26(3)4)24-15-9-12-21(18-24)27(5)6;1-6-2-4-7(5-3-6)11(8,9)10/h7-18H,1-6H3;2-5H,1H3,(H,8,9,10)/q+1;/p-1. The molecule has 4 rings (SSSR count). The van der Waals surface area contributed by atoms with Gasteiger partial charge in [-0.25, -0.2) is 8.42 Å². The van der Waals surface area contributed by atoms with Crippen molar-refractivity contribution in [1.82, 2.24) is 0 Å². The molecule has 0 unspecified atom stereocenters. The van der Waals surface area contributed by atoms with Crippen LogP contribution in [0.4, 0.5) is 17.1 Å². The van der Waals surface area contributed by atoms with E-state index in [1.54, 1.807) is 12.1 Å². The van der Waals surface area contributed by atoms with Crippen LogP contribution < -0.4 is 14.7 Å². The van der Waals surface area contributed by atoms with E-state index in [1.165, 1.54) is 43.9 Å². The summed E-state index contributed by atoms with van der Waals surface area (Å²) in [5, 5.41) is 0. The van der Waals surface area contributed by atoms with Crippen molar-refractivity contribution in [3.05, 3.63) is 103 Å². The lowest BCUT2D eigenvalue weighted by Crippen LogP contribution is -2.13. The van der Waals surface area contributed by atoms with Gasteiger partial charge in [0.1, 0.15) is 10.1 Å². The first-order valence-electron chi connectivity index (χ1n) is 12.5. The molecular weight excluding hydrogens is 526 g/mol. The topological polar surface area (TPSA) is 66.9 Å². The van der Waals surface area contributed by atoms with Gasteiger partial charge in [0.25, 0.3) is 0 Å². The van der Waals surface area contributed by atoms with Crippen molar-refractivity contribution in [3.63, 3.8) is 0 Å². The highest BCUT2D eigenvalue weighted by atomic mass is 32.2. The molecule has 206 valence electrons. The summed E-state index contributed by atoms with van der Waals surface area (Å²) in [5.74, 6) is 0. The Bertz CT molecular complexity index is 1360. The molecule has 4 aromatic rings. The molecule has 6 nitrogen and oxygen atoms in total. The lowest BCUT2D eigenvalue weighted by molar-refractivity contribution is 0.463. The van der Waals surface area contributed by atoms with E-state index in [9.17, 15) is 13.0 Å². The number of hydrogen-bond acceptors (Lipinski definition) is 6. The smallest absolute Gasteiger partial charge is 0.168 e. The Morgan fingerprint density at radius 3 is 1.18 bits per heavy atom. The first-order chi connectivity index (χ1) is 18.4. The average Bonchev–Trinajstić information content (AvgIpc) is 2.89. The molecular formula is C31H37N3O3S2. The van der Waals surface area contributed by atoms with E-state index in [0.717, 1.165) is 5.56 Å². The Morgan fingerprint density at radius 1 is 0.564 bits per heavy atom. The van der Waals surface area contributed by atoms with Gasteiger partial charge in [0.2, 0.25) is 0 Å². The zero-order chi connectivity index (χ0) is 28.7. The van der Waals surface area contributed by atoms with Crippen molar-refractivity contribution in [1.29, 1.82) is 0 Å². The van der Waals surface area contributed by atoms with Gasteiger partial charge in [-0.1, -0.05) is 35.9 Å². The first kappa shape index (κ1) is 30.1. The Balaban J connectivity index is 0.000000320. The van der Waals surface area contributed by atoms with Crippen LogP contribution in [0.5, 0.6) is 0 Å². The average molecular weight is 564 g/mol. The van der Waals surface area contributed by atoms with E-state index < -0.39 is 10.1 Å². The van der Waals surface area contributed by atoms with Crippen molar-refractivity contribution in [3.8, 4) is 0 Å². The minimum atomic E-state index is -4.27. The highest BCUT2D eigenvalue weighted by molar-refractivity contribution is 7.97. The lowest BCUT2D eigenvalue weighted by atomic mass is 10.2. The lowest BCUT2D eigenvalue weighted by Gasteiger charge is -2.17. The highest BCUT2D eigenvalue weighted by Crippen LogP contribution is 2.35. The van der Waals surface area contributed by atoms with E-state index in [4.69, 9.17) is 0 Å². The van der Waals surface area contributed by atoms with Crippen LogP contribution in [0.3, 0.4) is 0 Å². The van der Waals surface area contributed by atoms with Gasteiger partial charge in [-0.2, -0.15) is 0 Å².